The van der Waals surface area contributed by atoms with Crippen LogP contribution in [0.1, 0.15) is 20.7 Å². The van der Waals surface area contributed by atoms with Crippen LogP contribution in [0.2, 0.25) is 0 Å². The first-order chi connectivity index (χ1) is 13.4. The van der Waals surface area contributed by atoms with E-state index in [-0.39, 0.29) is 11.1 Å². The topological polar surface area (TPSA) is 134 Å². The molecule has 150 valence electrons. The smallest absolute Gasteiger partial charge is 0.338 e. The van der Waals surface area contributed by atoms with Crippen molar-refractivity contribution < 1.29 is 39.5 Å². The first kappa shape index (κ1) is 21.5. The van der Waals surface area contributed by atoms with E-state index in [4.69, 9.17) is 14.6 Å². The molecular weight excluding hydrogens is 368 g/mol. The molecule has 2 rings (SSSR count). The minimum Gasteiger partial charge on any atom is -0.459 e. The standard InChI is InChI=1S/C20H22O8/c21-11-15(22)17(24)18(28-20(26)14-9-5-2-6-10-14)16(23)12-27-19(25)13-7-3-1-4-8-13/h1-10,15-18,21-24H,11-12H2/t15-,16+,17+,18+/m0/s1. The van der Waals surface area contributed by atoms with Crippen LogP contribution >= 0.6 is 0 Å². The molecule has 8 heteroatoms. The lowest BCUT2D eigenvalue weighted by molar-refractivity contribution is -0.129. The lowest BCUT2D eigenvalue weighted by Crippen LogP contribution is -2.50. The van der Waals surface area contributed by atoms with E-state index in [1.807, 2.05) is 0 Å². The molecule has 0 aromatic heterocycles. The summed E-state index contributed by atoms with van der Waals surface area (Å²) in [5.41, 5.74) is 0.412. The Morgan fingerprint density at radius 3 is 1.79 bits per heavy atom. The molecule has 0 aliphatic rings. The van der Waals surface area contributed by atoms with Gasteiger partial charge in [0.05, 0.1) is 17.7 Å². The highest BCUT2D eigenvalue weighted by Crippen LogP contribution is 2.14. The average Bonchev–Trinajstić information content (AvgIpc) is 2.75. The third-order valence-electron chi connectivity index (χ3n) is 3.94. The van der Waals surface area contributed by atoms with Gasteiger partial charge >= 0.3 is 11.9 Å². The number of rotatable bonds is 9. The largest absolute Gasteiger partial charge is 0.459 e. The predicted octanol–water partition coefficient (Wildman–Crippen LogP) is 0.144. The summed E-state index contributed by atoms with van der Waals surface area (Å²) < 4.78 is 10.1. The van der Waals surface area contributed by atoms with Gasteiger partial charge in [-0.15, -0.1) is 0 Å². The van der Waals surface area contributed by atoms with Gasteiger partial charge in [-0.3, -0.25) is 0 Å². The molecule has 4 N–H and O–H groups in total. The number of carbonyl (C=O) groups excluding carboxylic acids is 2. The second-order valence-electron chi connectivity index (χ2n) is 6.01. The molecule has 0 radical (unpaired) electrons. The fourth-order valence-corrected chi connectivity index (χ4v) is 2.38. The zero-order valence-electron chi connectivity index (χ0n) is 14.9. The van der Waals surface area contributed by atoms with Crippen molar-refractivity contribution in [2.24, 2.45) is 0 Å². The minimum atomic E-state index is -1.80. The highest BCUT2D eigenvalue weighted by molar-refractivity contribution is 5.90. The Bertz CT molecular complexity index is 749. The van der Waals surface area contributed by atoms with Gasteiger partial charge in [0, 0.05) is 0 Å². The summed E-state index contributed by atoms with van der Waals surface area (Å²) in [5.74, 6) is -1.58. The second kappa shape index (κ2) is 10.5. The van der Waals surface area contributed by atoms with Crippen molar-refractivity contribution >= 4 is 11.9 Å². The fraction of sp³-hybridized carbons (Fsp3) is 0.300. The summed E-state index contributed by atoms with van der Waals surface area (Å²) >= 11 is 0. The Balaban J connectivity index is 2.07. The zero-order valence-corrected chi connectivity index (χ0v) is 14.9. The van der Waals surface area contributed by atoms with E-state index >= 15 is 0 Å². The van der Waals surface area contributed by atoms with Crippen molar-refractivity contribution in [2.45, 2.75) is 24.4 Å². The Morgan fingerprint density at radius 2 is 1.29 bits per heavy atom. The number of aliphatic hydroxyl groups excluding tert-OH is 4. The Morgan fingerprint density at radius 1 is 0.786 bits per heavy atom. The van der Waals surface area contributed by atoms with Crippen molar-refractivity contribution in [1.29, 1.82) is 0 Å². The quantitative estimate of drug-likeness (QED) is 0.445. The summed E-state index contributed by atoms with van der Waals surface area (Å²) in [4.78, 5) is 24.2. The van der Waals surface area contributed by atoms with Crippen LogP contribution in [0.4, 0.5) is 0 Å². The van der Waals surface area contributed by atoms with Crippen molar-refractivity contribution in [3.8, 4) is 0 Å². The molecule has 0 spiro atoms. The van der Waals surface area contributed by atoms with Gasteiger partial charge in [-0.2, -0.15) is 0 Å². The van der Waals surface area contributed by atoms with Crippen LogP contribution in [0.3, 0.4) is 0 Å². The first-order valence-electron chi connectivity index (χ1n) is 8.57. The van der Waals surface area contributed by atoms with E-state index in [9.17, 15) is 24.9 Å². The number of aliphatic hydroxyl groups is 4. The normalized spacial score (nSPS) is 15.1. The summed E-state index contributed by atoms with van der Waals surface area (Å²) in [6.45, 7) is -1.42. The molecule has 0 fully saturated rings. The molecule has 0 bridgehead atoms. The van der Waals surface area contributed by atoms with Crippen LogP contribution in [-0.2, 0) is 9.47 Å². The second-order valence-corrected chi connectivity index (χ2v) is 6.01. The van der Waals surface area contributed by atoms with Crippen molar-refractivity contribution in [2.75, 3.05) is 13.2 Å². The van der Waals surface area contributed by atoms with Crippen molar-refractivity contribution in [1.82, 2.24) is 0 Å². The summed E-state index contributed by atoms with van der Waals surface area (Å²) in [6, 6.07) is 15.9. The maximum absolute atomic E-state index is 12.2. The highest BCUT2D eigenvalue weighted by atomic mass is 16.6. The van der Waals surface area contributed by atoms with E-state index in [1.54, 1.807) is 36.4 Å². The molecule has 0 unspecified atom stereocenters. The first-order valence-corrected chi connectivity index (χ1v) is 8.57. The van der Waals surface area contributed by atoms with Crippen molar-refractivity contribution in [3.63, 3.8) is 0 Å². The van der Waals surface area contributed by atoms with E-state index in [0.29, 0.717) is 0 Å². The maximum Gasteiger partial charge on any atom is 0.338 e. The lowest BCUT2D eigenvalue weighted by atomic mass is 10.0. The third-order valence-corrected chi connectivity index (χ3v) is 3.94. The summed E-state index contributed by atoms with van der Waals surface area (Å²) in [6.07, 6.45) is -6.76. The number of hydrogen-bond acceptors (Lipinski definition) is 8. The van der Waals surface area contributed by atoms with Crippen molar-refractivity contribution in [3.05, 3.63) is 71.8 Å². The molecule has 28 heavy (non-hydrogen) atoms. The van der Waals surface area contributed by atoms with Crippen LogP contribution in [0.5, 0.6) is 0 Å². The summed E-state index contributed by atoms with van der Waals surface area (Å²) in [5, 5.41) is 39.2. The number of hydrogen-bond donors (Lipinski definition) is 4. The highest BCUT2D eigenvalue weighted by Gasteiger charge is 2.36. The SMILES string of the molecule is O=C(OC[C@@H](O)[C@@H](OC(=O)c1ccccc1)[C@H](O)[C@@H](O)CO)c1ccccc1. The molecule has 2 aromatic carbocycles. The number of benzene rings is 2. The number of ether oxygens (including phenoxy) is 2. The van der Waals surface area contributed by atoms with Crippen LogP contribution in [0, 0.1) is 0 Å². The molecule has 0 saturated heterocycles. The molecule has 8 nitrogen and oxygen atoms in total. The molecule has 0 amide bonds. The molecule has 0 saturated carbocycles. The van der Waals surface area contributed by atoms with Crippen LogP contribution in [0.15, 0.2) is 60.7 Å². The van der Waals surface area contributed by atoms with Gasteiger partial charge in [0.15, 0.2) is 6.10 Å². The molecule has 0 heterocycles. The van der Waals surface area contributed by atoms with Gasteiger partial charge in [0.25, 0.3) is 0 Å². The van der Waals surface area contributed by atoms with E-state index in [1.165, 1.54) is 24.3 Å². The van der Waals surface area contributed by atoms with Gasteiger partial charge in [0.2, 0.25) is 0 Å². The molecule has 4 atom stereocenters. The van der Waals surface area contributed by atoms with Crippen LogP contribution in [0.25, 0.3) is 0 Å². The average molecular weight is 390 g/mol. The van der Waals surface area contributed by atoms with Gasteiger partial charge in [-0.25, -0.2) is 9.59 Å². The Hall–Kier alpha value is -2.78. The Labute approximate surface area is 161 Å². The number of carbonyl (C=O) groups is 2. The molecule has 2 aromatic rings. The predicted molar refractivity (Wildman–Crippen MR) is 97.5 cm³/mol. The Kier molecular flexibility index (Phi) is 8.09. The van der Waals surface area contributed by atoms with Crippen LogP contribution in [-0.4, -0.2) is 70.0 Å². The van der Waals surface area contributed by atoms with E-state index < -0.39 is 49.6 Å². The van der Waals surface area contributed by atoms with Gasteiger partial charge in [-0.05, 0) is 24.3 Å². The van der Waals surface area contributed by atoms with Gasteiger partial charge < -0.3 is 29.9 Å². The maximum atomic E-state index is 12.2. The minimum absolute atomic E-state index is 0.159. The lowest BCUT2D eigenvalue weighted by Gasteiger charge is -2.29. The third kappa shape index (κ3) is 5.86. The summed E-state index contributed by atoms with van der Waals surface area (Å²) in [7, 11) is 0. The molecular formula is C20H22O8. The molecule has 0 aliphatic heterocycles. The van der Waals surface area contributed by atoms with Gasteiger partial charge in [-0.1, -0.05) is 36.4 Å². The molecule has 0 aliphatic carbocycles. The monoisotopic (exact) mass is 390 g/mol. The van der Waals surface area contributed by atoms with Gasteiger partial charge in [0.1, 0.15) is 24.9 Å². The number of esters is 2. The zero-order chi connectivity index (χ0) is 20.5. The van der Waals surface area contributed by atoms with E-state index in [0.717, 1.165) is 0 Å². The van der Waals surface area contributed by atoms with E-state index in [2.05, 4.69) is 0 Å². The fourth-order valence-electron chi connectivity index (χ4n) is 2.38. The van der Waals surface area contributed by atoms with Crippen LogP contribution < -0.4 is 0 Å².